The van der Waals surface area contributed by atoms with Crippen LogP contribution in [0.5, 0.6) is 0 Å². The smallest absolute Gasteiger partial charge is 0.270 e. The molecule has 8 nitrogen and oxygen atoms in total. The van der Waals surface area contributed by atoms with E-state index in [0.29, 0.717) is 23.4 Å². The predicted octanol–water partition coefficient (Wildman–Crippen LogP) is 4.44. The zero-order chi connectivity index (χ0) is 26.2. The van der Waals surface area contributed by atoms with Crippen LogP contribution in [0, 0.1) is 5.95 Å². The molecule has 1 saturated carbocycles. The number of hydroxylamine groups is 1. The Labute approximate surface area is 215 Å². The number of rotatable bonds is 9. The Morgan fingerprint density at radius 2 is 2.03 bits per heavy atom. The summed E-state index contributed by atoms with van der Waals surface area (Å²) in [5, 5.41) is 4.07. The van der Waals surface area contributed by atoms with Gasteiger partial charge in [-0.05, 0) is 61.6 Å². The molecule has 2 aromatic heterocycles. The standard InChI is InChI=1S/C28H31FN6O2/c1-3-19(16-31-18(2)20-12-13-27(29)32-17-20)14-21-15-26(33-23-9-5-4-8-22(21)23)28(36)34-24-10-6-7-11-25(24)35-37-30/h3-5,8-9,12-13,15-17,24-25,35H,2,6-7,10-11,14,30H2,1H3,(H,34,36)/b19-3-,31-16-/t24-,25-/m0/s1. The summed E-state index contributed by atoms with van der Waals surface area (Å²) in [6, 6.07) is 12.3. The van der Waals surface area contributed by atoms with E-state index >= 15 is 0 Å². The molecule has 1 aliphatic rings. The van der Waals surface area contributed by atoms with Gasteiger partial charge in [-0.2, -0.15) is 15.8 Å². The van der Waals surface area contributed by atoms with Crippen molar-refractivity contribution in [3.05, 3.63) is 89.7 Å². The molecular formula is C28H31FN6O2. The number of nitrogens with zero attached hydrogens (tertiary/aromatic N) is 3. The monoisotopic (exact) mass is 502 g/mol. The van der Waals surface area contributed by atoms with Crippen molar-refractivity contribution in [3.8, 4) is 0 Å². The van der Waals surface area contributed by atoms with Gasteiger partial charge in [0.2, 0.25) is 5.95 Å². The fourth-order valence-corrected chi connectivity index (χ4v) is 4.51. The topological polar surface area (TPSA) is 115 Å². The summed E-state index contributed by atoms with van der Waals surface area (Å²) in [6.45, 7) is 5.88. The summed E-state index contributed by atoms with van der Waals surface area (Å²) in [5.41, 5.74) is 6.87. The zero-order valence-corrected chi connectivity index (χ0v) is 20.8. The summed E-state index contributed by atoms with van der Waals surface area (Å²) >= 11 is 0. The van der Waals surface area contributed by atoms with Crippen LogP contribution in [0.2, 0.25) is 0 Å². The molecule has 0 radical (unpaired) electrons. The van der Waals surface area contributed by atoms with Crippen molar-refractivity contribution < 1.29 is 14.1 Å². The summed E-state index contributed by atoms with van der Waals surface area (Å²) in [4.78, 5) is 30.6. The summed E-state index contributed by atoms with van der Waals surface area (Å²) in [6.07, 6.45) is 9.38. The molecule has 0 spiro atoms. The van der Waals surface area contributed by atoms with Crippen LogP contribution in [0.25, 0.3) is 16.6 Å². The highest BCUT2D eigenvalue weighted by Gasteiger charge is 2.27. The molecule has 4 rings (SSSR count). The van der Waals surface area contributed by atoms with Crippen molar-refractivity contribution in [1.82, 2.24) is 20.8 Å². The zero-order valence-electron chi connectivity index (χ0n) is 20.8. The minimum atomic E-state index is -0.554. The Hall–Kier alpha value is -3.79. The Morgan fingerprint density at radius 1 is 1.24 bits per heavy atom. The Bertz CT molecular complexity index is 1320. The molecule has 2 heterocycles. The predicted molar refractivity (Wildman–Crippen MR) is 143 cm³/mol. The van der Waals surface area contributed by atoms with Gasteiger partial charge in [0.1, 0.15) is 5.69 Å². The molecule has 1 aromatic carbocycles. The second-order valence-corrected chi connectivity index (χ2v) is 9.01. The molecule has 37 heavy (non-hydrogen) atoms. The van der Waals surface area contributed by atoms with E-state index in [4.69, 9.17) is 5.90 Å². The number of nitrogens with two attached hydrogens (primary N) is 1. The molecule has 0 aliphatic heterocycles. The summed E-state index contributed by atoms with van der Waals surface area (Å²) in [5.74, 6) is 4.42. The van der Waals surface area contributed by atoms with E-state index in [1.54, 1.807) is 12.3 Å². The molecule has 4 N–H and O–H groups in total. The van der Waals surface area contributed by atoms with E-state index in [0.717, 1.165) is 47.7 Å². The van der Waals surface area contributed by atoms with Gasteiger partial charge in [0.25, 0.3) is 5.91 Å². The van der Waals surface area contributed by atoms with Crippen LogP contribution in [0.1, 0.15) is 54.2 Å². The molecule has 1 aliphatic carbocycles. The Morgan fingerprint density at radius 3 is 2.76 bits per heavy atom. The number of fused-ring (bicyclic) bond motifs is 1. The van der Waals surface area contributed by atoms with Crippen molar-refractivity contribution in [2.24, 2.45) is 10.9 Å². The Balaban J connectivity index is 1.56. The molecule has 3 aromatic rings. The summed E-state index contributed by atoms with van der Waals surface area (Å²) in [7, 11) is 0. The van der Waals surface area contributed by atoms with Gasteiger partial charge in [0, 0.05) is 29.4 Å². The number of amides is 1. The normalized spacial score (nSPS) is 18.3. The quantitative estimate of drug-likeness (QED) is 0.227. The number of benzene rings is 1. The first-order valence-electron chi connectivity index (χ1n) is 12.3. The van der Waals surface area contributed by atoms with Crippen LogP contribution < -0.4 is 16.7 Å². The number of aromatic nitrogens is 2. The van der Waals surface area contributed by atoms with Gasteiger partial charge in [-0.25, -0.2) is 14.9 Å². The minimum Gasteiger partial charge on any atom is -0.346 e. The number of allylic oxidation sites excluding steroid dienone is 2. The van der Waals surface area contributed by atoms with Gasteiger partial charge >= 0.3 is 0 Å². The third kappa shape index (κ3) is 6.71. The fourth-order valence-electron chi connectivity index (χ4n) is 4.51. The lowest BCUT2D eigenvalue weighted by atomic mass is 9.90. The van der Waals surface area contributed by atoms with Crippen molar-refractivity contribution in [3.63, 3.8) is 0 Å². The highest BCUT2D eigenvalue weighted by atomic mass is 19.1. The average Bonchev–Trinajstić information content (AvgIpc) is 2.92. The van der Waals surface area contributed by atoms with Gasteiger partial charge < -0.3 is 5.32 Å². The number of hydrogen-bond donors (Lipinski definition) is 3. The molecular weight excluding hydrogens is 471 g/mol. The van der Waals surface area contributed by atoms with E-state index in [1.807, 2.05) is 43.3 Å². The molecule has 0 unspecified atom stereocenters. The molecule has 192 valence electrons. The number of aliphatic imine (C=N–C) groups is 1. The van der Waals surface area contributed by atoms with Gasteiger partial charge in [-0.15, -0.1) is 0 Å². The second kappa shape index (κ2) is 12.4. The van der Waals surface area contributed by atoms with E-state index in [1.165, 1.54) is 12.3 Å². The van der Waals surface area contributed by atoms with Crippen LogP contribution in [0.15, 0.2) is 71.9 Å². The number of para-hydroxylation sites is 1. The first kappa shape index (κ1) is 26.3. The first-order valence-corrected chi connectivity index (χ1v) is 12.3. The number of pyridine rings is 2. The number of carbonyl (C=O) groups is 1. The molecule has 0 bridgehead atoms. The third-order valence-corrected chi connectivity index (χ3v) is 6.55. The lowest BCUT2D eigenvalue weighted by Crippen LogP contribution is -2.52. The highest BCUT2D eigenvalue weighted by Crippen LogP contribution is 2.23. The molecule has 9 heteroatoms. The van der Waals surface area contributed by atoms with Crippen molar-refractivity contribution in [2.75, 3.05) is 0 Å². The molecule has 1 fully saturated rings. The SMILES string of the molecule is C=C(/N=C\C(=C/C)Cc1cc(C(=O)N[C@H]2CCCC[C@@H]2NON)nc2ccccc12)c1ccc(F)nc1. The summed E-state index contributed by atoms with van der Waals surface area (Å²) < 4.78 is 13.1. The molecule has 0 saturated heterocycles. The van der Waals surface area contributed by atoms with Crippen LogP contribution >= 0.6 is 0 Å². The van der Waals surface area contributed by atoms with E-state index in [2.05, 4.69) is 37.3 Å². The Kier molecular flexibility index (Phi) is 8.84. The van der Waals surface area contributed by atoms with Gasteiger partial charge in [0.05, 0.1) is 17.3 Å². The van der Waals surface area contributed by atoms with Crippen molar-refractivity contribution >= 4 is 28.7 Å². The maximum atomic E-state index is 13.3. The lowest BCUT2D eigenvalue weighted by molar-refractivity contribution is -0.00283. The first-order chi connectivity index (χ1) is 18.0. The van der Waals surface area contributed by atoms with Crippen molar-refractivity contribution in [2.45, 2.75) is 51.1 Å². The van der Waals surface area contributed by atoms with E-state index in [9.17, 15) is 9.18 Å². The van der Waals surface area contributed by atoms with Crippen LogP contribution in [-0.4, -0.2) is 34.2 Å². The van der Waals surface area contributed by atoms with Gasteiger partial charge in [-0.1, -0.05) is 43.7 Å². The number of hydrogen-bond acceptors (Lipinski definition) is 7. The molecule has 1 amide bonds. The van der Waals surface area contributed by atoms with Gasteiger partial charge in [-0.3, -0.25) is 9.79 Å². The van der Waals surface area contributed by atoms with Crippen LogP contribution in [0.3, 0.4) is 0 Å². The molecule has 2 atom stereocenters. The average molecular weight is 503 g/mol. The number of halogens is 1. The fraction of sp³-hybridized carbons (Fsp3) is 0.286. The minimum absolute atomic E-state index is 0.0575. The van der Waals surface area contributed by atoms with Gasteiger partial charge in [0.15, 0.2) is 0 Å². The van der Waals surface area contributed by atoms with Crippen molar-refractivity contribution in [1.29, 1.82) is 0 Å². The number of nitrogens with one attached hydrogen (secondary N) is 2. The highest BCUT2D eigenvalue weighted by molar-refractivity contribution is 5.96. The maximum absolute atomic E-state index is 13.3. The second-order valence-electron chi connectivity index (χ2n) is 9.01. The number of carbonyl (C=O) groups excluding carboxylic acids is 1. The maximum Gasteiger partial charge on any atom is 0.270 e. The lowest BCUT2D eigenvalue weighted by Gasteiger charge is -2.31. The third-order valence-electron chi connectivity index (χ3n) is 6.55. The van der Waals surface area contributed by atoms with E-state index < -0.39 is 5.95 Å². The van der Waals surface area contributed by atoms with E-state index in [-0.39, 0.29) is 18.0 Å². The van der Waals surface area contributed by atoms with Crippen LogP contribution in [-0.2, 0) is 11.4 Å². The van der Waals surface area contributed by atoms with Crippen LogP contribution in [0.4, 0.5) is 4.39 Å². The largest absolute Gasteiger partial charge is 0.346 e.